The van der Waals surface area contributed by atoms with Crippen molar-refractivity contribution in [3.05, 3.63) is 78.2 Å². The van der Waals surface area contributed by atoms with E-state index in [-0.39, 0.29) is 0 Å². The van der Waals surface area contributed by atoms with Gasteiger partial charge in [0, 0.05) is 12.4 Å². The molecular weight excluding hydrogens is 328 g/mol. The van der Waals surface area contributed by atoms with Crippen LogP contribution in [0.4, 0.5) is 11.6 Å². The van der Waals surface area contributed by atoms with E-state index in [1.54, 1.807) is 18.5 Å². The van der Waals surface area contributed by atoms with Crippen molar-refractivity contribution in [1.29, 1.82) is 5.26 Å². The van der Waals surface area contributed by atoms with Gasteiger partial charge in [0.2, 0.25) is 11.8 Å². The van der Waals surface area contributed by atoms with Gasteiger partial charge in [-0.3, -0.25) is 4.98 Å². The number of nitrogens with one attached hydrogen (secondary N) is 2. The number of benzene rings is 1. The molecule has 0 atom stereocenters. The third-order valence-electron chi connectivity index (χ3n) is 3.75. The van der Waals surface area contributed by atoms with Crippen molar-refractivity contribution in [1.82, 2.24) is 15.0 Å². The Kier molecular flexibility index (Phi) is 4.14. The lowest BCUT2D eigenvalue weighted by atomic mass is 10.2. The van der Waals surface area contributed by atoms with Crippen LogP contribution in [0.2, 0.25) is 0 Å². The molecular formula is C19H14N6O. The van der Waals surface area contributed by atoms with E-state index in [0.29, 0.717) is 35.4 Å². The van der Waals surface area contributed by atoms with Gasteiger partial charge in [0.15, 0.2) is 5.75 Å². The molecule has 4 rings (SSSR count). The first-order valence-electron chi connectivity index (χ1n) is 7.99. The van der Waals surface area contributed by atoms with Gasteiger partial charge < -0.3 is 15.4 Å². The minimum atomic E-state index is 0.310. The molecule has 7 heteroatoms. The monoisotopic (exact) mass is 342 g/mol. The molecule has 0 saturated heterocycles. The number of hydrogen-bond acceptors (Lipinski definition) is 7. The van der Waals surface area contributed by atoms with Crippen LogP contribution in [-0.4, -0.2) is 15.0 Å². The summed E-state index contributed by atoms with van der Waals surface area (Å²) < 4.78 is 5.74. The van der Waals surface area contributed by atoms with E-state index >= 15 is 0 Å². The molecule has 0 amide bonds. The van der Waals surface area contributed by atoms with Crippen LogP contribution in [0.25, 0.3) is 5.57 Å². The SMILES string of the molecule is N#C/C(=C1\Nc2ccccc2O1)c1ccnc(NCc2ccccn2)n1. The van der Waals surface area contributed by atoms with Crippen LogP contribution in [0.1, 0.15) is 11.4 Å². The molecule has 26 heavy (non-hydrogen) atoms. The molecule has 1 aliphatic rings. The van der Waals surface area contributed by atoms with Crippen molar-refractivity contribution in [3.8, 4) is 11.8 Å². The lowest BCUT2D eigenvalue weighted by Crippen LogP contribution is -2.07. The van der Waals surface area contributed by atoms with E-state index < -0.39 is 0 Å². The molecule has 0 bridgehead atoms. The quantitative estimate of drug-likeness (QED) is 0.703. The molecule has 0 unspecified atom stereocenters. The van der Waals surface area contributed by atoms with Crippen molar-refractivity contribution in [3.63, 3.8) is 0 Å². The van der Waals surface area contributed by atoms with Gasteiger partial charge in [0.25, 0.3) is 0 Å². The first-order chi connectivity index (χ1) is 12.8. The van der Waals surface area contributed by atoms with Crippen molar-refractivity contribution >= 4 is 17.2 Å². The van der Waals surface area contributed by atoms with Crippen molar-refractivity contribution in [2.24, 2.45) is 0 Å². The summed E-state index contributed by atoms with van der Waals surface area (Å²) in [6.45, 7) is 0.489. The minimum Gasteiger partial charge on any atom is -0.437 e. The number of allylic oxidation sites excluding steroid dienone is 1. The highest BCUT2D eigenvalue weighted by atomic mass is 16.5. The normalized spacial score (nSPS) is 13.8. The third-order valence-corrected chi connectivity index (χ3v) is 3.75. The van der Waals surface area contributed by atoms with Gasteiger partial charge in [-0.1, -0.05) is 18.2 Å². The minimum absolute atomic E-state index is 0.310. The topological polar surface area (TPSA) is 95.8 Å². The standard InChI is InChI=1S/C19H14N6O/c20-11-14(18-24-16-6-1-2-7-17(16)26-18)15-8-10-22-19(25-15)23-12-13-5-3-4-9-21-13/h1-10,24H,12H2,(H,22,23,25)/b18-14-. The fourth-order valence-corrected chi connectivity index (χ4v) is 2.51. The van der Waals surface area contributed by atoms with E-state index in [9.17, 15) is 5.26 Å². The van der Waals surface area contributed by atoms with Crippen LogP contribution in [0.5, 0.6) is 5.75 Å². The zero-order chi connectivity index (χ0) is 17.8. The summed E-state index contributed by atoms with van der Waals surface area (Å²) in [5.41, 5.74) is 2.47. The van der Waals surface area contributed by atoms with E-state index in [1.165, 1.54) is 0 Å². The second kappa shape index (κ2) is 6.91. The predicted octanol–water partition coefficient (Wildman–Crippen LogP) is 3.18. The number of rotatable bonds is 4. The molecule has 1 aromatic carbocycles. The van der Waals surface area contributed by atoms with Crippen LogP contribution in [0.3, 0.4) is 0 Å². The first kappa shape index (κ1) is 15.6. The fraction of sp³-hybridized carbons (Fsp3) is 0.0526. The molecule has 7 nitrogen and oxygen atoms in total. The highest BCUT2D eigenvalue weighted by Gasteiger charge is 2.21. The summed E-state index contributed by atoms with van der Waals surface area (Å²) in [6, 6.07) is 17.0. The predicted molar refractivity (Wildman–Crippen MR) is 96.8 cm³/mol. The molecule has 2 aromatic heterocycles. The molecule has 3 aromatic rings. The molecule has 0 aliphatic carbocycles. The largest absolute Gasteiger partial charge is 0.437 e. The number of aromatic nitrogens is 3. The van der Waals surface area contributed by atoms with Crippen LogP contribution in [0, 0.1) is 11.3 Å². The number of anilines is 2. The first-order valence-corrected chi connectivity index (χ1v) is 7.99. The Labute approximate surface area is 150 Å². The van der Waals surface area contributed by atoms with Crippen molar-refractivity contribution in [2.45, 2.75) is 6.54 Å². The van der Waals surface area contributed by atoms with Crippen LogP contribution in [0.15, 0.2) is 66.8 Å². The molecule has 0 spiro atoms. The second-order valence-electron chi connectivity index (χ2n) is 5.48. The van der Waals surface area contributed by atoms with Crippen LogP contribution >= 0.6 is 0 Å². The summed E-state index contributed by atoms with van der Waals surface area (Å²) in [6.07, 6.45) is 3.33. The lowest BCUT2D eigenvalue weighted by Gasteiger charge is -2.07. The Morgan fingerprint density at radius 3 is 2.77 bits per heavy atom. The third kappa shape index (κ3) is 3.16. The molecule has 2 N–H and O–H groups in total. The smallest absolute Gasteiger partial charge is 0.223 e. The highest BCUT2D eigenvalue weighted by Crippen LogP contribution is 2.35. The van der Waals surface area contributed by atoms with Crippen molar-refractivity contribution < 1.29 is 4.74 Å². The molecule has 0 radical (unpaired) electrons. The highest BCUT2D eigenvalue weighted by molar-refractivity contribution is 5.81. The fourth-order valence-electron chi connectivity index (χ4n) is 2.51. The Bertz CT molecular complexity index is 983. The molecule has 0 saturated carbocycles. The summed E-state index contributed by atoms with van der Waals surface area (Å²) in [5, 5.41) is 15.8. The Morgan fingerprint density at radius 2 is 1.96 bits per heavy atom. The maximum Gasteiger partial charge on any atom is 0.223 e. The number of hydrogen-bond donors (Lipinski definition) is 2. The van der Waals surface area contributed by atoms with Crippen molar-refractivity contribution in [2.75, 3.05) is 10.6 Å². The van der Waals surface area contributed by atoms with Gasteiger partial charge in [-0.15, -0.1) is 0 Å². The lowest BCUT2D eigenvalue weighted by molar-refractivity contribution is 0.460. The Hall–Kier alpha value is -3.92. The summed E-state index contributed by atoms with van der Waals surface area (Å²) in [4.78, 5) is 12.9. The van der Waals surface area contributed by atoms with E-state index in [2.05, 4.69) is 31.7 Å². The van der Waals surface area contributed by atoms with Gasteiger partial charge >= 0.3 is 0 Å². The zero-order valence-electron chi connectivity index (χ0n) is 13.7. The average Bonchev–Trinajstić information content (AvgIpc) is 3.12. The zero-order valence-corrected chi connectivity index (χ0v) is 13.7. The summed E-state index contributed by atoms with van der Waals surface area (Å²) in [7, 11) is 0. The number of ether oxygens (including phenoxy) is 1. The van der Waals surface area contributed by atoms with Gasteiger partial charge in [0.1, 0.15) is 11.6 Å². The Morgan fingerprint density at radius 1 is 1.08 bits per heavy atom. The number of para-hydroxylation sites is 2. The average molecular weight is 342 g/mol. The van der Waals surface area contributed by atoms with Gasteiger partial charge in [-0.2, -0.15) is 5.26 Å². The molecule has 3 heterocycles. The maximum absolute atomic E-state index is 9.60. The van der Waals surface area contributed by atoms with Crippen LogP contribution in [-0.2, 0) is 6.54 Å². The van der Waals surface area contributed by atoms with Gasteiger partial charge in [0.05, 0.1) is 23.6 Å². The second-order valence-corrected chi connectivity index (χ2v) is 5.48. The number of nitrogens with zero attached hydrogens (tertiary/aromatic N) is 4. The number of nitriles is 1. The molecule has 1 aliphatic heterocycles. The van der Waals surface area contributed by atoms with E-state index in [0.717, 1.165) is 11.4 Å². The number of fused-ring (bicyclic) bond motifs is 1. The van der Waals surface area contributed by atoms with Gasteiger partial charge in [-0.05, 0) is 30.3 Å². The maximum atomic E-state index is 9.60. The number of pyridine rings is 1. The Balaban J connectivity index is 1.57. The molecule has 0 fully saturated rings. The van der Waals surface area contributed by atoms with Gasteiger partial charge in [-0.25, -0.2) is 9.97 Å². The van der Waals surface area contributed by atoms with E-state index in [4.69, 9.17) is 4.74 Å². The summed E-state index contributed by atoms with van der Waals surface area (Å²) >= 11 is 0. The molecule has 126 valence electrons. The van der Waals surface area contributed by atoms with Crippen LogP contribution < -0.4 is 15.4 Å². The van der Waals surface area contributed by atoms with E-state index in [1.807, 2.05) is 42.5 Å². The summed E-state index contributed by atoms with van der Waals surface area (Å²) in [5.74, 6) is 1.46.